The first-order chi connectivity index (χ1) is 25.2. The zero-order valence-electron chi connectivity index (χ0n) is 28.8. The number of esters is 1. The number of halogens is 2. The van der Waals surface area contributed by atoms with E-state index in [1.54, 1.807) is 24.3 Å². The number of carbonyl (C=O) groups is 1. The molecule has 0 bridgehead atoms. The topological polar surface area (TPSA) is 116 Å². The number of hydrogen-bond acceptors (Lipinski definition) is 9. The molecule has 0 aliphatic carbocycles. The van der Waals surface area contributed by atoms with Crippen molar-refractivity contribution in [2.75, 3.05) is 13.2 Å². The lowest BCUT2D eigenvalue weighted by molar-refractivity contribution is -0.517. The molecule has 0 amide bonds. The van der Waals surface area contributed by atoms with Crippen LogP contribution in [0.2, 0.25) is 0 Å². The Balaban J connectivity index is 1.53. The highest BCUT2D eigenvalue weighted by molar-refractivity contribution is 5.74. The molecule has 1 unspecified atom stereocenters. The van der Waals surface area contributed by atoms with Gasteiger partial charge < -0.3 is 28.4 Å². The van der Waals surface area contributed by atoms with Gasteiger partial charge >= 0.3 is 12.0 Å². The van der Waals surface area contributed by atoms with Crippen LogP contribution in [0.5, 0.6) is 0 Å². The molecule has 4 aromatic rings. The molecule has 52 heavy (non-hydrogen) atoms. The normalized spacial score (nSPS) is 20.9. The summed E-state index contributed by atoms with van der Waals surface area (Å²) in [6.07, 6.45) is -8.44. The predicted octanol–water partition coefficient (Wildman–Crippen LogP) is 6.96. The van der Waals surface area contributed by atoms with Crippen molar-refractivity contribution in [1.29, 1.82) is 0 Å². The molecule has 6 atom stereocenters. The van der Waals surface area contributed by atoms with Gasteiger partial charge in [-0.3, -0.25) is 10.1 Å². The van der Waals surface area contributed by atoms with E-state index in [-0.39, 0.29) is 39.6 Å². The minimum absolute atomic E-state index is 0.0120. The molecular weight excluding hydrogens is 676 g/mol. The van der Waals surface area contributed by atoms with Crippen molar-refractivity contribution >= 4 is 5.97 Å². The lowest BCUT2D eigenvalue weighted by Gasteiger charge is -2.48. The van der Waals surface area contributed by atoms with E-state index in [0.717, 1.165) is 16.7 Å². The van der Waals surface area contributed by atoms with Crippen LogP contribution in [0.1, 0.15) is 35.6 Å². The van der Waals surface area contributed by atoms with Crippen molar-refractivity contribution in [3.8, 4) is 0 Å². The van der Waals surface area contributed by atoms with Gasteiger partial charge in [-0.15, -0.1) is 0 Å². The van der Waals surface area contributed by atoms with Crippen LogP contribution >= 0.6 is 0 Å². The molecular formula is C40H43F2NO9. The molecule has 1 aliphatic heterocycles. The van der Waals surface area contributed by atoms with Gasteiger partial charge in [-0.2, -0.15) is 0 Å². The molecule has 12 heteroatoms. The predicted molar refractivity (Wildman–Crippen MR) is 187 cm³/mol. The van der Waals surface area contributed by atoms with Crippen molar-refractivity contribution in [1.82, 2.24) is 0 Å². The smallest absolute Gasteiger partial charge is 0.381 e. The fourth-order valence-electron chi connectivity index (χ4n) is 5.99. The van der Waals surface area contributed by atoms with Gasteiger partial charge in [0, 0.05) is 4.92 Å². The molecule has 4 aromatic carbocycles. The molecule has 1 aliphatic rings. The third kappa shape index (κ3) is 11.0. The third-order valence-corrected chi connectivity index (χ3v) is 8.58. The molecule has 10 nitrogen and oxygen atoms in total. The van der Waals surface area contributed by atoms with Crippen LogP contribution in [0.15, 0.2) is 121 Å². The van der Waals surface area contributed by atoms with Gasteiger partial charge in [0.15, 0.2) is 6.10 Å². The molecule has 1 heterocycles. The van der Waals surface area contributed by atoms with Crippen LogP contribution in [0, 0.1) is 10.1 Å². The van der Waals surface area contributed by atoms with Crippen LogP contribution in [0.25, 0.3) is 0 Å². The summed E-state index contributed by atoms with van der Waals surface area (Å²) >= 11 is 0. The van der Waals surface area contributed by atoms with Gasteiger partial charge in [0.25, 0.3) is 5.92 Å². The van der Waals surface area contributed by atoms with Gasteiger partial charge in [0.05, 0.1) is 46.1 Å². The number of nitro groups is 1. The van der Waals surface area contributed by atoms with Crippen molar-refractivity contribution in [2.45, 2.75) is 82.3 Å². The Bertz CT molecular complexity index is 1650. The van der Waals surface area contributed by atoms with Crippen LogP contribution < -0.4 is 0 Å². The average Bonchev–Trinajstić information content (AvgIpc) is 3.16. The quantitative estimate of drug-likeness (QED) is 0.0576. The van der Waals surface area contributed by atoms with Crippen molar-refractivity contribution in [3.05, 3.63) is 154 Å². The highest BCUT2D eigenvalue weighted by Crippen LogP contribution is 2.40. The Morgan fingerprint density at radius 1 is 0.712 bits per heavy atom. The fourth-order valence-corrected chi connectivity index (χ4v) is 5.99. The highest BCUT2D eigenvalue weighted by Gasteiger charge is 2.59. The zero-order chi connectivity index (χ0) is 36.8. The fraction of sp³-hybridized carbons (Fsp3) is 0.375. The molecule has 0 saturated carbocycles. The van der Waals surface area contributed by atoms with Gasteiger partial charge in [0.1, 0.15) is 24.4 Å². The molecule has 0 radical (unpaired) electrons. The zero-order valence-corrected chi connectivity index (χ0v) is 28.8. The van der Waals surface area contributed by atoms with Gasteiger partial charge in [0.2, 0.25) is 0 Å². The number of carbonyl (C=O) groups excluding carboxylic acids is 1. The van der Waals surface area contributed by atoms with Crippen LogP contribution in [0.3, 0.4) is 0 Å². The summed E-state index contributed by atoms with van der Waals surface area (Å²) in [7, 11) is 0. The third-order valence-electron chi connectivity index (χ3n) is 8.58. The standard InChI is InChI=1S/C40H43F2NO9/c1-2-48-39(44)33(43(45)46)23-40(41,42)38-37(51-27-32-21-13-6-14-22-32)36(50-26-31-19-11-5-12-20-31)35(49-25-30-17-9-4-10-18-30)34(52-38)28-47-24-29-15-7-3-8-16-29/h3-22,33-38H,2,23-28H2,1H3/t33?,34-,35+,36+,37-,38+/m1/s1. The van der Waals surface area contributed by atoms with Crippen LogP contribution in [-0.2, 0) is 59.6 Å². The van der Waals surface area contributed by atoms with E-state index in [0.29, 0.717) is 5.56 Å². The molecule has 0 N–H and O–H groups in total. The first-order valence-corrected chi connectivity index (χ1v) is 17.2. The highest BCUT2D eigenvalue weighted by atomic mass is 19.3. The van der Waals surface area contributed by atoms with Gasteiger partial charge in [-0.1, -0.05) is 121 Å². The molecule has 0 aromatic heterocycles. The average molecular weight is 720 g/mol. The number of rotatable bonds is 19. The Labute approximate surface area is 301 Å². The maximum atomic E-state index is 16.7. The minimum atomic E-state index is -3.98. The lowest BCUT2D eigenvalue weighted by Crippen LogP contribution is -2.65. The second kappa shape index (κ2) is 19.3. The van der Waals surface area contributed by atoms with E-state index in [2.05, 4.69) is 0 Å². The van der Waals surface area contributed by atoms with Crippen molar-refractivity contribution in [3.63, 3.8) is 0 Å². The van der Waals surface area contributed by atoms with Crippen LogP contribution in [0.4, 0.5) is 8.78 Å². The number of alkyl halides is 2. The maximum absolute atomic E-state index is 16.7. The molecule has 276 valence electrons. The lowest BCUT2D eigenvalue weighted by atomic mass is 9.88. The first-order valence-electron chi connectivity index (χ1n) is 17.2. The number of ether oxygens (including phenoxy) is 6. The summed E-state index contributed by atoms with van der Waals surface area (Å²) in [4.78, 5) is 23.4. The second-order valence-electron chi connectivity index (χ2n) is 12.4. The van der Waals surface area contributed by atoms with Crippen molar-refractivity contribution in [2.24, 2.45) is 0 Å². The summed E-state index contributed by atoms with van der Waals surface area (Å²) in [6, 6.07) is 34.5. The van der Waals surface area contributed by atoms with Gasteiger partial charge in [-0.05, 0) is 29.2 Å². The largest absolute Gasteiger partial charge is 0.461 e. The van der Waals surface area contributed by atoms with Gasteiger partial charge in [-0.25, -0.2) is 13.6 Å². The van der Waals surface area contributed by atoms with Crippen molar-refractivity contribution < 1.29 is 46.9 Å². The summed E-state index contributed by atoms with van der Waals surface area (Å²) in [6.45, 7) is 1.19. The van der Waals surface area contributed by atoms with Crippen LogP contribution in [-0.4, -0.2) is 66.6 Å². The molecule has 1 saturated heterocycles. The number of nitrogens with zero attached hydrogens (tertiary/aromatic N) is 1. The SMILES string of the molecule is CCOC(=O)C(CC(F)(F)[C@H]1O[C@H](COCc2ccccc2)[C@H](OCc2ccccc2)[C@H](OCc2ccccc2)[C@H]1OCc1ccccc1)[N+](=O)[O-]. The van der Waals surface area contributed by atoms with E-state index >= 15 is 8.78 Å². The molecule has 1 fully saturated rings. The van der Waals surface area contributed by atoms with E-state index in [1.807, 2.05) is 97.1 Å². The Kier molecular flexibility index (Phi) is 14.3. The Hall–Kier alpha value is -4.59. The van der Waals surface area contributed by atoms with E-state index < -0.39 is 59.8 Å². The maximum Gasteiger partial charge on any atom is 0.381 e. The number of benzene rings is 4. The van der Waals surface area contributed by atoms with E-state index in [4.69, 9.17) is 28.4 Å². The molecule has 0 spiro atoms. The minimum Gasteiger partial charge on any atom is -0.461 e. The van der Waals surface area contributed by atoms with E-state index in [1.165, 1.54) is 6.92 Å². The second-order valence-corrected chi connectivity index (χ2v) is 12.4. The Morgan fingerprint density at radius 3 is 1.58 bits per heavy atom. The summed E-state index contributed by atoms with van der Waals surface area (Å²) in [5.74, 6) is -5.35. The summed E-state index contributed by atoms with van der Waals surface area (Å²) < 4.78 is 69.7. The monoisotopic (exact) mass is 719 g/mol. The Morgan fingerprint density at radius 2 is 1.13 bits per heavy atom. The molecule has 5 rings (SSSR count). The summed E-state index contributed by atoms with van der Waals surface area (Å²) in [5.41, 5.74) is 3.14. The van der Waals surface area contributed by atoms with E-state index in [9.17, 15) is 14.9 Å². The first kappa shape index (κ1) is 38.6. The number of hydrogen-bond donors (Lipinski definition) is 0. The summed E-state index contributed by atoms with van der Waals surface area (Å²) in [5, 5.41) is 11.9.